The molecule has 2 fully saturated rings. The van der Waals surface area contributed by atoms with E-state index in [1.165, 1.54) is 0 Å². The van der Waals surface area contributed by atoms with Crippen LogP contribution in [0.1, 0.15) is 52.9 Å². The molecular formula is C15H26N2O3. The minimum atomic E-state index is -1.11. The number of carboxylic acids is 1. The molecule has 2 amide bonds. The van der Waals surface area contributed by atoms with E-state index in [0.29, 0.717) is 18.5 Å². The summed E-state index contributed by atoms with van der Waals surface area (Å²) in [4.78, 5) is 25.8. The number of amides is 2. The zero-order valence-electron chi connectivity index (χ0n) is 12.7. The highest BCUT2D eigenvalue weighted by Crippen LogP contribution is 2.40. The van der Waals surface area contributed by atoms with Gasteiger partial charge in [-0.1, -0.05) is 13.8 Å². The van der Waals surface area contributed by atoms with Gasteiger partial charge in [0.15, 0.2) is 0 Å². The molecule has 5 heteroatoms. The molecule has 2 rings (SSSR count). The van der Waals surface area contributed by atoms with Gasteiger partial charge in [-0.15, -0.1) is 0 Å². The molecule has 1 unspecified atom stereocenters. The summed E-state index contributed by atoms with van der Waals surface area (Å²) in [6, 6.07) is 0.107. The predicted octanol–water partition coefficient (Wildman–Crippen LogP) is 2.46. The van der Waals surface area contributed by atoms with Crippen LogP contribution in [0.25, 0.3) is 0 Å². The second-order valence-electron chi connectivity index (χ2n) is 6.82. The Balaban J connectivity index is 1.98. The van der Waals surface area contributed by atoms with Gasteiger partial charge in [-0.3, -0.25) is 0 Å². The van der Waals surface area contributed by atoms with Gasteiger partial charge in [0.1, 0.15) is 5.54 Å². The molecule has 0 spiro atoms. The highest BCUT2D eigenvalue weighted by molar-refractivity contribution is 5.86. The summed E-state index contributed by atoms with van der Waals surface area (Å²) < 4.78 is 0. The Kier molecular flexibility index (Phi) is 4.25. The molecule has 0 radical (unpaired) electrons. The van der Waals surface area contributed by atoms with Crippen LogP contribution in [0.5, 0.6) is 0 Å². The lowest BCUT2D eigenvalue weighted by Crippen LogP contribution is -2.58. The number of carboxylic acid groups (broad SMARTS) is 1. The number of hydrogen-bond acceptors (Lipinski definition) is 2. The van der Waals surface area contributed by atoms with E-state index in [4.69, 9.17) is 0 Å². The number of nitrogens with zero attached hydrogens (tertiary/aromatic N) is 1. The molecule has 2 aliphatic carbocycles. The topological polar surface area (TPSA) is 69.6 Å². The fourth-order valence-electron chi connectivity index (χ4n) is 2.52. The van der Waals surface area contributed by atoms with Crippen LogP contribution in [0, 0.1) is 11.8 Å². The Morgan fingerprint density at radius 2 is 1.90 bits per heavy atom. The maximum Gasteiger partial charge on any atom is 0.329 e. The number of carbonyl (C=O) groups is 2. The standard InChI is InChI=1S/C15H26N2O3/c1-10(2)8-9-17(12-6-7-12)14(20)16-15(3,13(18)19)11-4-5-11/h10-12H,4-9H2,1-3H3,(H,16,20)(H,18,19). The van der Waals surface area contributed by atoms with Gasteiger partial charge in [-0.25, -0.2) is 9.59 Å². The Hall–Kier alpha value is -1.26. The van der Waals surface area contributed by atoms with Crippen molar-refractivity contribution in [2.45, 2.75) is 64.5 Å². The summed E-state index contributed by atoms with van der Waals surface area (Å²) in [6.07, 6.45) is 4.81. The van der Waals surface area contributed by atoms with E-state index < -0.39 is 11.5 Å². The fourth-order valence-corrected chi connectivity index (χ4v) is 2.52. The van der Waals surface area contributed by atoms with Crippen LogP contribution >= 0.6 is 0 Å². The third-order valence-corrected chi connectivity index (χ3v) is 4.40. The minimum absolute atomic E-state index is 0.0788. The molecule has 0 aromatic carbocycles. The zero-order chi connectivity index (χ0) is 14.9. The van der Waals surface area contributed by atoms with Crippen LogP contribution in [-0.2, 0) is 4.79 Å². The van der Waals surface area contributed by atoms with Gasteiger partial charge in [-0.2, -0.15) is 0 Å². The lowest BCUT2D eigenvalue weighted by molar-refractivity contribution is -0.144. The monoisotopic (exact) mass is 282 g/mol. The molecule has 1 atom stereocenters. The zero-order valence-corrected chi connectivity index (χ0v) is 12.7. The summed E-state index contributed by atoms with van der Waals surface area (Å²) in [6.45, 7) is 6.62. The average Bonchev–Trinajstić information content (AvgIpc) is 3.20. The molecule has 2 saturated carbocycles. The van der Waals surface area contributed by atoms with Gasteiger partial charge < -0.3 is 15.3 Å². The number of rotatable bonds is 7. The number of nitrogens with one attached hydrogen (secondary N) is 1. The smallest absolute Gasteiger partial charge is 0.329 e. The van der Waals surface area contributed by atoms with E-state index in [2.05, 4.69) is 19.2 Å². The van der Waals surface area contributed by atoms with Gasteiger partial charge in [0.05, 0.1) is 0 Å². The van der Waals surface area contributed by atoms with Crippen molar-refractivity contribution in [2.75, 3.05) is 6.54 Å². The Bertz CT molecular complexity index is 389. The quantitative estimate of drug-likeness (QED) is 0.753. The maximum atomic E-state index is 12.4. The van der Waals surface area contributed by atoms with Crippen LogP contribution in [0.4, 0.5) is 4.79 Å². The third kappa shape index (κ3) is 3.44. The number of urea groups is 1. The van der Waals surface area contributed by atoms with Crippen molar-refractivity contribution in [3.8, 4) is 0 Å². The van der Waals surface area contributed by atoms with E-state index in [9.17, 15) is 14.7 Å². The molecule has 0 aromatic heterocycles. The predicted molar refractivity (Wildman–Crippen MR) is 76.5 cm³/mol. The first-order valence-electron chi connectivity index (χ1n) is 7.66. The average molecular weight is 282 g/mol. The van der Waals surface area contributed by atoms with E-state index in [1.54, 1.807) is 6.92 Å². The largest absolute Gasteiger partial charge is 0.480 e. The van der Waals surface area contributed by atoms with Crippen molar-refractivity contribution in [1.29, 1.82) is 0 Å². The molecule has 114 valence electrons. The molecule has 0 aromatic rings. The summed E-state index contributed by atoms with van der Waals surface area (Å²) in [7, 11) is 0. The fraction of sp³-hybridized carbons (Fsp3) is 0.867. The van der Waals surface area contributed by atoms with Crippen molar-refractivity contribution in [3.63, 3.8) is 0 Å². The summed E-state index contributed by atoms with van der Waals surface area (Å²) >= 11 is 0. The molecule has 20 heavy (non-hydrogen) atoms. The normalized spacial score (nSPS) is 21.4. The summed E-state index contributed by atoms with van der Waals surface area (Å²) in [5.74, 6) is -0.304. The Morgan fingerprint density at radius 1 is 1.30 bits per heavy atom. The lowest BCUT2D eigenvalue weighted by Gasteiger charge is -2.31. The van der Waals surface area contributed by atoms with Gasteiger partial charge in [0, 0.05) is 12.6 Å². The number of carbonyl (C=O) groups excluding carboxylic acids is 1. The van der Waals surface area contributed by atoms with Gasteiger partial charge in [0.25, 0.3) is 0 Å². The molecular weight excluding hydrogens is 256 g/mol. The second-order valence-corrected chi connectivity index (χ2v) is 6.82. The van der Waals surface area contributed by atoms with Gasteiger partial charge in [0.2, 0.25) is 0 Å². The van der Waals surface area contributed by atoms with Crippen LogP contribution in [0.2, 0.25) is 0 Å². The number of aliphatic carboxylic acids is 1. The molecule has 2 aliphatic rings. The van der Waals surface area contributed by atoms with Crippen LogP contribution in [0.15, 0.2) is 0 Å². The first kappa shape index (κ1) is 15.1. The highest BCUT2D eigenvalue weighted by atomic mass is 16.4. The van der Waals surface area contributed by atoms with E-state index in [1.807, 2.05) is 4.90 Å². The van der Waals surface area contributed by atoms with Crippen molar-refractivity contribution in [3.05, 3.63) is 0 Å². The summed E-state index contributed by atoms with van der Waals surface area (Å²) in [5.41, 5.74) is -1.11. The maximum absolute atomic E-state index is 12.4. The lowest BCUT2D eigenvalue weighted by atomic mass is 9.96. The van der Waals surface area contributed by atoms with E-state index in [-0.39, 0.29) is 11.9 Å². The SMILES string of the molecule is CC(C)CCN(C(=O)NC(C)(C(=O)O)C1CC1)C1CC1. The van der Waals surface area contributed by atoms with Gasteiger partial charge in [-0.05, 0) is 50.9 Å². The molecule has 0 aliphatic heterocycles. The van der Waals surface area contributed by atoms with Crippen molar-refractivity contribution in [1.82, 2.24) is 10.2 Å². The van der Waals surface area contributed by atoms with Crippen molar-refractivity contribution in [2.24, 2.45) is 11.8 Å². The van der Waals surface area contributed by atoms with Crippen molar-refractivity contribution < 1.29 is 14.7 Å². The first-order chi connectivity index (χ1) is 9.34. The molecule has 5 nitrogen and oxygen atoms in total. The third-order valence-electron chi connectivity index (χ3n) is 4.40. The molecule has 2 N–H and O–H groups in total. The van der Waals surface area contributed by atoms with Crippen LogP contribution < -0.4 is 5.32 Å². The first-order valence-corrected chi connectivity index (χ1v) is 7.66. The molecule has 0 bridgehead atoms. The van der Waals surface area contributed by atoms with Crippen molar-refractivity contribution >= 4 is 12.0 Å². The minimum Gasteiger partial charge on any atom is -0.480 e. The van der Waals surface area contributed by atoms with Gasteiger partial charge >= 0.3 is 12.0 Å². The number of hydrogen-bond donors (Lipinski definition) is 2. The second kappa shape index (κ2) is 5.62. The Morgan fingerprint density at radius 3 is 2.30 bits per heavy atom. The summed E-state index contributed by atoms with van der Waals surface area (Å²) in [5, 5.41) is 12.2. The van der Waals surface area contributed by atoms with E-state index in [0.717, 1.165) is 32.1 Å². The van der Waals surface area contributed by atoms with E-state index >= 15 is 0 Å². The highest BCUT2D eigenvalue weighted by Gasteiger charge is 2.49. The van der Waals surface area contributed by atoms with Crippen LogP contribution in [0.3, 0.4) is 0 Å². The van der Waals surface area contributed by atoms with Crippen LogP contribution in [-0.4, -0.2) is 40.1 Å². The Labute approximate surface area is 120 Å². The molecule has 0 heterocycles. The molecule has 0 saturated heterocycles.